The van der Waals surface area contributed by atoms with Crippen molar-refractivity contribution in [3.63, 3.8) is 0 Å². The molecule has 1 aliphatic rings. The van der Waals surface area contributed by atoms with E-state index in [2.05, 4.69) is 16.5 Å². The van der Waals surface area contributed by atoms with E-state index in [-0.39, 0.29) is 11.9 Å². The fourth-order valence-electron chi connectivity index (χ4n) is 3.33. The van der Waals surface area contributed by atoms with Crippen LogP contribution in [-0.2, 0) is 6.54 Å². The Morgan fingerprint density at radius 1 is 1.25 bits per heavy atom. The summed E-state index contributed by atoms with van der Waals surface area (Å²) in [6, 6.07) is 10.2. The highest BCUT2D eigenvalue weighted by Gasteiger charge is 2.27. The van der Waals surface area contributed by atoms with Gasteiger partial charge < -0.3 is 9.47 Å². The SMILES string of the molecule is O=C(c1cccn1Cc1cccs1)N1CCCC(n2cccn2)C1. The van der Waals surface area contributed by atoms with Crippen LogP contribution >= 0.6 is 11.3 Å². The monoisotopic (exact) mass is 340 g/mol. The van der Waals surface area contributed by atoms with Crippen molar-refractivity contribution in [2.75, 3.05) is 13.1 Å². The predicted molar refractivity (Wildman–Crippen MR) is 94.3 cm³/mol. The molecule has 1 atom stereocenters. The molecule has 0 saturated carbocycles. The molecule has 124 valence electrons. The molecule has 4 heterocycles. The molecule has 0 N–H and O–H groups in total. The highest BCUT2D eigenvalue weighted by atomic mass is 32.1. The van der Waals surface area contributed by atoms with Crippen LogP contribution in [0.3, 0.4) is 0 Å². The molecule has 0 bridgehead atoms. The first-order valence-electron chi connectivity index (χ1n) is 8.27. The van der Waals surface area contributed by atoms with E-state index in [9.17, 15) is 4.79 Å². The van der Waals surface area contributed by atoms with E-state index in [0.717, 1.165) is 38.2 Å². The molecule has 6 heteroatoms. The highest BCUT2D eigenvalue weighted by molar-refractivity contribution is 7.09. The van der Waals surface area contributed by atoms with Gasteiger partial charge >= 0.3 is 0 Å². The summed E-state index contributed by atoms with van der Waals surface area (Å²) in [5.41, 5.74) is 0.768. The van der Waals surface area contributed by atoms with Crippen LogP contribution in [0.4, 0.5) is 0 Å². The molecule has 3 aromatic rings. The Hall–Kier alpha value is -2.34. The minimum Gasteiger partial charge on any atom is -0.338 e. The summed E-state index contributed by atoms with van der Waals surface area (Å²) in [6.45, 7) is 2.30. The largest absolute Gasteiger partial charge is 0.338 e. The Balaban J connectivity index is 1.50. The number of piperidine rings is 1. The third-order valence-corrected chi connectivity index (χ3v) is 5.40. The van der Waals surface area contributed by atoms with Crippen molar-refractivity contribution in [3.8, 4) is 0 Å². The Bertz CT molecular complexity index is 791. The zero-order valence-electron chi connectivity index (χ0n) is 13.4. The van der Waals surface area contributed by atoms with Gasteiger partial charge in [0.15, 0.2) is 0 Å². The number of carbonyl (C=O) groups excluding carboxylic acids is 1. The summed E-state index contributed by atoms with van der Waals surface area (Å²) in [5, 5.41) is 6.41. The Morgan fingerprint density at radius 2 is 2.21 bits per heavy atom. The fraction of sp³-hybridized carbons (Fsp3) is 0.333. The van der Waals surface area contributed by atoms with Gasteiger partial charge in [-0.2, -0.15) is 5.10 Å². The molecule has 0 radical (unpaired) electrons. The number of rotatable bonds is 4. The molecule has 24 heavy (non-hydrogen) atoms. The van der Waals surface area contributed by atoms with Gasteiger partial charge in [-0.05, 0) is 42.5 Å². The second kappa shape index (κ2) is 6.65. The third kappa shape index (κ3) is 3.01. The highest BCUT2D eigenvalue weighted by Crippen LogP contribution is 2.23. The van der Waals surface area contributed by atoms with Crippen molar-refractivity contribution >= 4 is 17.2 Å². The molecule has 4 rings (SSSR count). The zero-order valence-corrected chi connectivity index (χ0v) is 14.2. The molecule has 1 aliphatic heterocycles. The molecule has 1 saturated heterocycles. The van der Waals surface area contributed by atoms with Gasteiger partial charge in [-0.1, -0.05) is 6.07 Å². The lowest BCUT2D eigenvalue weighted by atomic mass is 10.1. The van der Waals surface area contributed by atoms with Crippen LogP contribution in [0.25, 0.3) is 0 Å². The maximum Gasteiger partial charge on any atom is 0.270 e. The second-order valence-electron chi connectivity index (χ2n) is 6.13. The standard InChI is InChI=1S/C18H20N4OS/c23-18(17-7-2-9-20(17)14-16-6-3-12-24-16)21-10-1-5-15(13-21)22-11-4-8-19-22/h2-4,6-9,11-12,15H,1,5,10,13-14H2. The number of thiophene rings is 1. The molecule has 3 aromatic heterocycles. The number of aromatic nitrogens is 3. The number of nitrogens with zero attached hydrogens (tertiary/aromatic N) is 4. The number of amides is 1. The number of carbonyl (C=O) groups is 1. The van der Waals surface area contributed by atoms with Gasteiger partial charge in [-0.25, -0.2) is 0 Å². The number of hydrogen-bond donors (Lipinski definition) is 0. The van der Waals surface area contributed by atoms with Gasteiger partial charge in [-0.15, -0.1) is 11.3 Å². The Morgan fingerprint density at radius 3 is 3.00 bits per heavy atom. The molecular weight excluding hydrogens is 320 g/mol. The van der Waals surface area contributed by atoms with E-state index >= 15 is 0 Å². The van der Waals surface area contributed by atoms with Crippen molar-refractivity contribution in [3.05, 3.63) is 64.9 Å². The maximum atomic E-state index is 13.0. The lowest BCUT2D eigenvalue weighted by molar-refractivity contribution is 0.0662. The summed E-state index contributed by atoms with van der Waals surface area (Å²) >= 11 is 1.72. The van der Waals surface area contributed by atoms with E-state index in [1.54, 1.807) is 17.5 Å². The Labute approximate surface area is 145 Å². The van der Waals surface area contributed by atoms with E-state index < -0.39 is 0 Å². The molecule has 1 unspecified atom stereocenters. The molecule has 5 nitrogen and oxygen atoms in total. The van der Waals surface area contributed by atoms with Crippen LogP contribution in [0.15, 0.2) is 54.3 Å². The summed E-state index contributed by atoms with van der Waals surface area (Å²) in [5.74, 6) is 0.119. The molecule has 0 aliphatic carbocycles. The quantitative estimate of drug-likeness (QED) is 0.731. The first-order chi connectivity index (χ1) is 11.8. The van der Waals surface area contributed by atoms with Gasteiger partial charge in [0.2, 0.25) is 0 Å². The van der Waals surface area contributed by atoms with Crippen LogP contribution in [0.1, 0.15) is 34.2 Å². The van der Waals surface area contributed by atoms with Gasteiger partial charge in [0.05, 0.1) is 12.6 Å². The summed E-state index contributed by atoms with van der Waals surface area (Å²) in [4.78, 5) is 16.2. The number of likely N-dealkylation sites (tertiary alicyclic amines) is 1. The topological polar surface area (TPSA) is 43.1 Å². The smallest absolute Gasteiger partial charge is 0.270 e. The van der Waals surface area contributed by atoms with Gasteiger partial charge in [0.1, 0.15) is 5.69 Å². The van der Waals surface area contributed by atoms with Crippen LogP contribution < -0.4 is 0 Å². The minimum absolute atomic E-state index is 0.119. The van der Waals surface area contributed by atoms with Crippen molar-refractivity contribution in [1.82, 2.24) is 19.2 Å². The van der Waals surface area contributed by atoms with E-state index in [1.165, 1.54) is 4.88 Å². The zero-order chi connectivity index (χ0) is 16.4. The molecule has 1 amide bonds. The summed E-state index contributed by atoms with van der Waals surface area (Å²) in [7, 11) is 0. The lowest BCUT2D eigenvalue weighted by Crippen LogP contribution is -2.41. The van der Waals surface area contributed by atoms with Gasteiger partial charge in [0, 0.05) is 36.6 Å². The Kier molecular flexibility index (Phi) is 4.21. The van der Waals surface area contributed by atoms with Crippen LogP contribution in [0.5, 0.6) is 0 Å². The minimum atomic E-state index is 0.119. The summed E-state index contributed by atoms with van der Waals surface area (Å²) < 4.78 is 4.02. The normalized spacial score (nSPS) is 18.0. The first kappa shape index (κ1) is 15.2. The van der Waals surface area contributed by atoms with Crippen LogP contribution in [0, 0.1) is 0 Å². The van der Waals surface area contributed by atoms with Gasteiger partial charge in [0.25, 0.3) is 5.91 Å². The third-order valence-electron chi connectivity index (χ3n) is 4.54. The van der Waals surface area contributed by atoms with Crippen molar-refractivity contribution in [2.45, 2.75) is 25.4 Å². The number of hydrogen-bond acceptors (Lipinski definition) is 3. The molecule has 1 fully saturated rings. The van der Waals surface area contributed by atoms with Crippen molar-refractivity contribution < 1.29 is 4.79 Å². The van der Waals surface area contributed by atoms with Crippen LogP contribution in [0.2, 0.25) is 0 Å². The molecule has 0 aromatic carbocycles. The maximum absolute atomic E-state index is 13.0. The van der Waals surface area contributed by atoms with E-state index in [0.29, 0.717) is 0 Å². The van der Waals surface area contributed by atoms with E-state index in [1.807, 2.05) is 50.8 Å². The first-order valence-corrected chi connectivity index (χ1v) is 9.15. The molecule has 0 spiro atoms. The fourth-order valence-corrected chi connectivity index (χ4v) is 4.03. The van der Waals surface area contributed by atoms with Crippen LogP contribution in [-0.4, -0.2) is 38.2 Å². The van der Waals surface area contributed by atoms with Crippen molar-refractivity contribution in [2.24, 2.45) is 0 Å². The molecular formula is C18H20N4OS. The average molecular weight is 340 g/mol. The summed E-state index contributed by atoms with van der Waals surface area (Å²) in [6.07, 6.45) is 7.86. The predicted octanol–water partition coefficient (Wildman–Crippen LogP) is 3.27. The lowest BCUT2D eigenvalue weighted by Gasteiger charge is -2.33. The van der Waals surface area contributed by atoms with Crippen molar-refractivity contribution in [1.29, 1.82) is 0 Å². The average Bonchev–Trinajstić information content (AvgIpc) is 3.37. The van der Waals surface area contributed by atoms with Gasteiger partial charge in [-0.3, -0.25) is 9.48 Å². The second-order valence-corrected chi connectivity index (χ2v) is 7.17. The van der Waals surface area contributed by atoms with E-state index in [4.69, 9.17) is 0 Å².